The van der Waals surface area contributed by atoms with Gasteiger partial charge in [-0.15, -0.1) is 0 Å². The number of furan rings is 1. The maximum atomic E-state index is 12.6. The number of benzene rings is 2. The van der Waals surface area contributed by atoms with Gasteiger partial charge in [0.15, 0.2) is 0 Å². The lowest BCUT2D eigenvalue weighted by atomic mass is 10.1. The highest BCUT2D eigenvalue weighted by Crippen LogP contribution is 2.18. The van der Waals surface area contributed by atoms with Crippen LogP contribution in [0.3, 0.4) is 0 Å². The zero-order valence-electron chi connectivity index (χ0n) is 14.3. The average Bonchev–Trinajstić information content (AvgIpc) is 3.21. The smallest absolute Gasteiger partial charge is 0.268 e. The molecule has 0 bridgehead atoms. The van der Waals surface area contributed by atoms with Crippen molar-refractivity contribution >= 4 is 29.5 Å². The minimum atomic E-state index is -0.449. The summed E-state index contributed by atoms with van der Waals surface area (Å²) in [5.41, 5.74) is 1.15. The summed E-state index contributed by atoms with van der Waals surface area (Å²) in [6, 6.07) is 19.2. The maximum absolute atomic E-state index is 12.6. The van der Waals surface area contributed by atoms with Crippen LogP contribution in [0.5, 0.6) is 0 Å². The van der Waals surface area contributed by atoms with Gasteiger partial charge in [-0.1, -0.05) is 48.0 Å². The number of nitrogens with one attached hydrogen (secondary N) is 2. The largest absolute Gasteiger partial charge is 0.467 e. The Morgan fingerprint density at radius 3 is 2.41 bits per heavy atom. The van der Waals surface area contributed by atoms with Gasteiger partial charge in [0, 0.05) is 10.6 Å². The Kier molecular flexibility index (Phi) is 6.07. The van der Waals surface area contributed by atoms with Crippen LogP contribution in [0.1, 0.15) is 21.7 Å². The van der Waals surface area contributed by atoms with Crippen LogP contribution in [0, 0.1) is 0 Å². The summed E-state index contributed by atoms with van der Waals surface area (Å²) in [6.07, 6.45) is 3.07. The summed E-state index contributed by atoms with van der Waals surface area (Å²) in [4.78, 5) is 25.1. The van der Waals surface area contributed by atoms with Gasteiger partial charge in [0.25, 0.3) is 11.8 Å². The topological polar surface area (TPSA) is 71.3 Å². The standard InChI is InChI=1S/C21H17ClN2O3/c22-18-11-5-4-9-16(18)13-19(21(26)23-14-17-10-6-12-27-17)24-20(25)15-7-2-1-3-8-15/h1-13H,14H2,(H,23,26)(H,24,25)/b19-13-. The van der Waals surface area contributed by atoms with E-state index in [1.54, 1.807) is 66.7 Å². The minimum absolute atomic E-state index is 0.0866. The van der Waals surface area contributed by atoms with Gasteiger partial charge in [-0.25, -0.2) is 0 Å². The van der Waals surface area contributed by atoms with Gasteiger partial charge in [0.05, 0.1) is 12.8 Å². The molecule has 0 aliphatic rings. The molecule has 2 amide bonds. The summed E-state index contributed by atoms with van der Waals surface area (Å²) in [5, 5.41) is 5.86. The van der Waals surface area contributed by atoms with Crippen molar-refractivity contribution in [2.75, 3.05) is 0 Å². The first kappa shape index (κ1) is 18.5. The molecule has 0 atom stereocenters. The number of halogens is 1. The minimum Gasteiger partial charge on any atom is -0.467 e. The lowest BCUT2D eigenvalue weighted by Gasteiger charge is -2.11. The first-order chi connectivity index (χ1) is 13.1. The van der Waals surface area contributed by atoms with E-state index in [0.29, 0.717) is 21.9 Å². The molecule has 2 aromatic carbocycles. The van der Waals surface area contributed by atoms with E-state index in [1.807, 2.05) is 6.07 Å². The molecular weight excluding hydrogens is 364 g/mol. The van der Waals surface area contributed by atoms with Crippen LogP contribution >= 0.6 is 11.6 Å². The SMILES string of the molecule is O=C(NCc1ccco1)/C(=C/c1ccccc1Cl)NC(=O)c1ccccc1. The van der Waals surface area contributed by atoms with Crippen molar-refractivity contribution < 1.29 is 14.0 Å². The predicted molar refractivity (Wildman–Crippen MR) is 104 cm³/mol. The quantitative estimate of drug-likeness (QED) is 0.634. The second kappa shape index (κ2) is 8.87. The number of hydrogen-bond acceptors (Lipinski definition) is 3. The van der Waals surface area contributed by atoms with Gasteiger partial charge >= 0.3 is 0 Å². The Morgan fingerprint density at radius 1 is 0.963 bits per heavy atom. The van der Waals surface area contributed by atoms with E-state index < -0.39 is 5.91 Å². The Labute approximate surface area is 161 Å². The van der Waals surface area contributed by atoms with Crippen LogP contribution in [0.4, 0.5) is 0 Å². The Morgan fingerprint density at radius 2 is 1.70 bits per heavy atom. The number of amides is 2. The van der Waals surface area contributed by atoms with E-state index >= 15 is 0 Å². The van der Waals surface area contributed by atoms with E-state index in [2.05, 4.69) is 10.6 Å². The summed E-state index contributed by atoms with van der Waals surface area (Å²) in [6.45, 7) is 0.201. The van der Waals surface area contributed by atoms with Crippen LogP contribution in [0.15, 0.2) is 83.1 Å². The lowest BCUT2D eigenvalue weighted by molar-refractivity contribution is -0.118. The van der Waals surface area contributed by atoms with E-state index in [-0.39, 0.29) is 18.1 Å². The third-order valence-corrected chi connectivity index (χ3v) is 4.08. The van der Waals surface area contributed by atoms with Crippen molar-refractivity contribution in [3.8, 4) is 0 Å². The zero-order chi connectivity index (χ0) is 19.1. The van der Waals surface area contributed by atoms with Gasteiger partial charge in [-0.05, 0) is 42.0 Å². The summed E-state index contributed by atoms with van der Waals surface area (Å²) in [7, 11) is 0. The van der Waals surface area contributed by atoms with Crippen LogP contribution in [-0.4, -0.2) is 11.8 Å². The fraction of sp³-hybridized carbons (Fsp3) is 0.0476. The number of hydrogen-bond donors (Lipinski definition) is 2. The molecule has 0 aliphatic heterocycles. The monoisotopic (exact) mass is 380 g/mol. The van der Waals surface area contributed by atoms with Crippen LogP contribution in [-0.2, 0) is 11.3 Å². The molecule has 3 rings (SSSR count). The molecule has 3 aromatic rings. The highest BCUT2D eigenvalue weighted by Gasteiger charge is 2.15. The molecule has 0 aliphatic carbocycles. The third kappa shape index (κ3) is 5.09. The second-order valence-electron chi connectivity index (χ2n) is 5.66. The molecule has 1 heterocycles. The Bertz CT molecular complexity index is 951. The number of carbonyl (C=O) groups is 2. The fourth-order valence-electron chi connectivity index (χ4n) is 2.37. The van der Waals surface area contributed by atoms with Crippen molar-refractivity contribution in [3.63, 3.8) is 0 Å². The number of carbonyl (C=O) groups excluding carboxylic acids is 2. The van der Waals surface area contributed by atoms with Crippen LogP contribution in [0.25, 0.3) is 6.08 Å². The molecule has 0 radical (unpaired) electrons. The van der Waals surface area contributed by atoms with E-state index in [0.717, 1.165) is 0 Å². The molecular formula is C21H17ClN2O3. The highest BCUT2D eigenvalue weighted by atomic mass is 35.5. The number of rotatable bonds is 6. The second-order valence-corrected chi connectivity index (χ2v) is 6.07. The molecule has 0 spiro atoms. The molecule has 0 saturated heterocycles. The Hall–Kier alpha value is -3.31. The lowest BCUT2D eigenvalue weighted by Crippen LogP contribution is -2.34. The molecule has 5 nitrogen and oxygen atoms in total. The van der Waals surface area contributed by atoms with Crippen LogP contribution in [0.2, 0.25) is 5.02 Å². The molecule has 0 unspecified atom stereocenters. The first-order valence-corrected chi connectivity index (χ1v) is 8.64. The summed E-state index contributed by atoms with van der Waals surface area (Å²) < 4.78 is 5.21. The van der Waals surface area contributed by atoms with E-state index in [4.69, 9.17) is 16.0 Å². The van der Waals surface area contributed by atoms with Gasteiger partial charge in [-0.3, -0.25) is 9.59 Å². The van der Waals surface area contributed by atoms with E-state index in [9.17, 15) is 9.59 Å². The van der Waals surface area contributed by atoms with Crippen molar-refractivity contribution in [3.05, 3.63) is 101 Å². The van der Waals surface area contributed by atoms with Crippen molar-refractivity contribution in [1.82, 2.24) is 10.6 Å². The molecule has 136 valence electrons. The molecule has 0 saturated carbocycles. The third-order valence-electron chi connectivity index (χ3n) is 3.74. The molecule has 27 heavy (non-hydrogen) atoms. The first-order valence-electron chi connectivity index (χ1n) is 8.26. The van der Waals surface area contributed by atoms with Crippen molar-refractivity contribution in [1.29, 1.82) is 0 Å². The van der Waals surface area contributed by atoms with E-state index in [1.165, 1.54) is 6.26 Å². The molecule has 1 aromatic heterocycles. The maximum Gasteiger partial charge on any atom is 0.268 e. The normalized spacial score (nSPS) is 11.1. The van der Waals surface area contributed by atoms with Gasteiger partial charge in [0.2, 0.25) is 0 Å². The molecule has 0 fully saturated rings. The van der Waals surface area contributed by atoms with Gasteiger partial charge in [-0.2, -0.15) is 0 Å². The summed E-state index contributed by atoms with van der Waals surface area (Å²) >= 11 is 6.18. The zero-order valence-corrected chi connectivity index (χ0v) is 15.1. The van der Waals surface area contributed by atoms with Gasteiger partial charge < -0.3 is 15.1 Å². The Balaban J connectivity index is 1.83. The molecule has 2 N–H and O–H groups in total. The summed E-state index contributed by atoms with van der Waals surface area (Å²) in [5.74, 6) is -0.229. The highest BCUT2D eigenvalue weighted by molar-refractivity contribution is 6.32. The van der Waals surface area contributed by atoms with Crippen LogP contribution < -0.4 is 10.6 Å². The fourth-order valence-corrected chi connectivity index (χ4v) is 2.56. The van der Waals surface area contributed by atoms with Crippen molar-refractivity contribution in [2.45, 2.75) is 6.54 Å². The van der Waals surface area contributed by atoms with Gasteiger partial charge in [0.1, 0.15) is 11.5 Å². The van der Waals surface area contributed by atoms with Crippen molar-refractivity contribution in [2.24, 2.45) is 0 Å². The molecule has 6 heteroatoms. The average molecular weight is 381 g/mol. The predicted octanol–water partition coefficient (Wildman–Crippen LogP) is 4.02.